The Balaban J connectivity index is 1.65. The van der Waals surface area contributed by atoms with E-state index in [1.54, 1.807) is 24.3 Å². The van der Waals surface area contributed by atoms with Gasteiger partial charge in [-0.3, -0.25) is 4.79 Å². The average Bonchev–Trinajstić information content (AvgIpc) is 2.60. The van der Waals surface area contributed by atoms with Gasteiger partial charge in [0.2, 0.25) is 15.9 Å². The molecule has 2 rings (SSSR count). The van der Waals surface area contributed by atoms with Crippen molar-refractivity contribution in [2.75, 3.05) is 19.7 Å². The molecular weight excluding hydrogens is 399 g/mol. The zero-order valence-corrected chi connectivity index (χ0v) is 16.1. The van der Waals surface area contributed by atoms with Gasteiger partial charge in [0.15, 0.2) is 0 Å². The van der Waals surface area contributed by atoms with Crippen molar-refractivity contribution in [3.8, 4) is 5.75 Å². The van der Waals surface area contributed by atoms with E-state index in [0.29, 0.717) is 28.9 Å². The highest BCUT2D eigenvalue weighted by Gasteiger charge is 2.13. The lowest BCUT2D eigenvalue weighted by Gasteiger charge is -2.09. The Morgan fingerprint density at radius 1 is 0.923 bits per heavy atom. The van der Waals surface area contributed by atoms with Crippen LogP contribution >= 0.6 is 23.2 Å². The minimum Gasteiger partial charge on any atom is -0.492 e. The van der Waals surface area contributed by atoms with E-state index in [4.69, 9.17) is 27.9 Å². The summed E-state index contributed by atoms with van der Waals surface area (Å²) in [7, 11) is -3.66. The summed E-state index contributed by atoms with van der Waals surface area (Å²) < 4.78 is 31.9. The van der Waals surface area contributed by atoms with Gasteiger partial charge in [-0.15, -0.1) is 0 Å². The molecule has 0 spiro atoms. The van der Waals surface area contributed by atoms with Crippen molar-refractivity contribution < 1.29 is 17.9 Å². The van der Waals surface area contributed by atoms with E-state index >= 15 is 0 Å². The standard InChI is InChI=1S/C17H18Cl2N2O4S/c18-13-1-5-15(6-2-13)25-12-11-20-17(22)9-10-21-26(23,24)16-7-3-14(19)4-8-16/h1-8,21H,9-12H2,(H,20,22). The average molecular weight is 417 g/mol. The summed E-state index contributed by atoms with van der Waals surface area (Å²) in [6.45, 7) is 0.601. The number of hydrogen-bond donors (Lipinski definition) is 2. The molecule has 1 amide bonds. The number of carbonyl (C=O) groups is 1. The fourth-order valence-corrected chi connectivity index (χ4v) is 3.26. The van der Waals surface area contributed by atoms with Crippen molar-refractivity contribution in [3.63, 3.8) is 0 Å². The predicted molar refractivity (Wildman–Crippen MR) is 101 cm³/mol. The molecule has 0 aliphatic rings. The normalized spacial score (nSPS) is 11.2. The van der Waals surface area contributed by atoms with E-state index in [0.717, 1.165) is 0 Å². The van der Waals surface area contributed by atoms with Gasteiger partial charge in [-0.1, -0.05) is 23.2 Å². The number of nitrogens with one attached hydrogen (secondary N) is 2. The van der Waals surface area contributed by atoms with Crippen LogP contribution in [0.15, 0.2) is 53.4 Å². The second kappa shape index (κ2) is 9.78. The highest BCUT2D eigenvalue weighted by Crippen LogP contribution is 2.15. The van der Waals surface area contributed by atoms with Crippen LogP contribution in [0.1, 0.15) is 6.42 Å². The van der Waals surface area contributed by atoms with E-state index in [9.17, 15) is 13.2 Å². The van der Waals surface area contributed by atoms with Crippen LogP contribution in [0.2, 0.25) is 10.0 Å². The molecule has 0 bridgehead atoms. The van der Waals surface area contributed by atoms with Crippen LogP contribution in [0, 0.1) is 0 Å². The largest absolute Gasteiger partial charge is 0.492 e. The molecular formula is C17H18Cl2N2O4S. The van der Waals surface area contributed by atoms with E-state index in [2.05, 4.69) is 10.0 Å². The number of ether oxygens (including phenoxy) is 1. The Hall–Kier alpha value is -1.80. The molecule has 0 atom stereocenters. The number of sulfonamides is 1. The summed E-state index contributed by atoms with van der Waals surface area (Å²) in [6, 6.07) is 12.7. The SMILES string of the molecule is O=C(CCNS(=O)(=O)c1ccc(Cl)cc1)NCCOc1ccc(Cl)cc1. The van der Waals surface area contributed by atoms with Crippen LogP contribution in [0.4, 0.5) is 0 Å². The fraction of sp³-hybridized carbons (Fsp3) is 0.235. The second-order valence-electron chi connectivity index (χ2n) is 5.25. The Kier molecular flexibility index (Phi) is 7.71. The molecule has 6 nitrogen and oxygen atoms in total. The van der Waals surface area contributed by atoms with Crippen LogP contribution in [-0.4, -0.2) is 34.0 Å². The fourth-order valence-electron chi connectivity index (χ4n) is 1.97. The van der Waals surface area contributed by atoms with E-state index in [-0.39, 0.29) is 23.8 Å². The monoisotopic (exact) mass is 416 g/mol. The summed E-state index contributed by atoms with van der Waals surface area (Å²) in [5, 5.41) is 3.72. The van der Waals surface area contributed by atoms with Crippen LogP contribution in [0.3, 0.4) is 0 Å². The molecule has 2 N–H and O–H groups in total. The van der Waals surface area contributed by atoms with Gasteiger partial charge in [-0.25, -0.2) is 13.1 Å². The van der Waals surface area contributed by atoms with Gasteiger partial charge >= 0.3 is 0 Å². The first-order valence-electron chi connectivity index (χ1n) is 7.77. The molecule has 140 valence electrons. The first-order chi connectivity index (χ1) is 12.4. The van der Waals surface area contributed by atoms with E-state index in [1.807, 2.05) is 0 Å². The summed E-state index contributed by atoms with van der Waals surface area (Å²) >= 11 is 11.5. The minimum absolute atomic E-state index is 0.00512. The molecule has 2 aromatic carbocycles. The molecule has 2 aromatic rings. The molecule has 0 radical (unpaired) electrons. The van der Waals surface area contributed by atoms with Gasteiger partial charge < -0.3 is 10.1 Å². The van der Waals surface area contributed by atoms with Gasteiger partial charge in [0.05, 0.1) is 11.4 Å². The first-order valence-corrected chi connectivity index (χ1v) is 10.0. The number of hydrogen-bond acceptors (Lipinski definition) is 4. The molecule has 0 heterocycles. The molecule has 9 heteroatoms. The lowest BCUT2D eigenvalue weighted by molar-refractivity contribution is -0.121. The molecule has 0 saturated heterocycles. The van der Waals surface area contributed by atoms with Crippen LogP contribution in [-0.2, 0) is 14.8 Å². The van der Waals surface area contributed by atoms with Crippen LogP contribution < -0.4 is 14.8 Å². The van der Waals surface area contributed by atoms with Crippen molar-refractivity contribution in [1.29, 1.82) is 0 Å². The van der Waals surface area contributed by atoms with Gasteiger partial charge in [-0.2, -0.15) is 0 Å². The number of amides is 1. The summed E-state index contributed by atoms with van der Waals surface area (Å²) in [4.78, 5) is 11.8. The van der Waals surface area contributed by atoms with Gasteiger partial charge in [0.25, 0.3) is 0 Å². The third kappa shape index (κ3) is 6.84. The molecule has 0 aliphatic heterocycles. The highest BCUT2D eigenvalue weighted by atomic mass is 35.5. The van der Waals surface area contributed by atoms with Gasteiger partial charge in [-0.05, 0) is 48.5 Å². The maximum absolute atomic E-state index is 12.1. The van der Waals surface area contributed by atoms with Gasteiger partial charge in [0.1, 0.15) is 12.4 Å². The molecule has 0 aliphatic carbocycles. The quantitative estimate of drug-likeness (QED) is 0.615. The molecule has 0 aromatic heterocycles. The maximum atomic E-state index is 12.1. The molecule has 0 fully saturated rings. The highest BCUT2D eigenvalue weighted by molar-refractivity contribution is 7.89. The maximum Gasteiger partial charge on any atom is 0.240 e. The van der Waals surface area contributed by atoms with Crippen molar-refractivity contribution in [1.82, 2.24) is 10.0 Å². The van der Waals surface area contributed by atoms with Crippen molar-refractivity contribution in [2.24, 2.45) is 0 Å². The van der Waals surface area contributed by atoms with Gasteiger partial charge in [0, 0.05) is 23.0 Å². The van der Waals surface area contributed by atoms with Crippen molar-refractivity contribution >= 4 is 39.1 Å². The lowest BCUT2D eigenvalue weighted by atomic mass is 10.3. The molecule has 0 unspecified atom stereocenters. The predicted octanol–water partition coefficient (Wildman–Crippen LogP) is 2.86. The number of benzene rings is 2. The number of halogens is 2. The Bertz CT molecular complexity index is 825. The molecule has 26 heavy (non-hydrogen) atoms. The van der Waals surface area contributed by atoms with Crippen molar-refractivity contribution in [2.45, 2.75) is 11.3 Å². The molecule has 0 saturated carbocycles. The third-order valence-electron chi connectivity index (χ3n) is 3.27. The van der Waals surface area contributed by atoms with E-state index < -0.39 is 10.0 Å². The zero-order valence-electron chi connectivity index (χ0n) is 13.7. The Labute approximate surface area is 162 Å². The lowest BCUT2D eigenvalue weighted by Crippen LogP contribution is -2.32. The van der Waals surface area contributed by atoms with Crippen molar-refractivity contribution in [3.05, 3.63) is 58.6 Å². The second-order valence-corrected chi connectivity index (χ2v) is 7.89. The summed E-state index contributed by atoms with van der Waals surface area (Å²) in [5.74, 6) is 0.378. The summed E-state index contributed by atoms with van der Waals surface area (Å²) in [5.41, 5.74) is 0. The number of rotatable bonds is 9. The Morgan fingerprint density at radius 3 is 2.12 bits per heavy atom. The summed E-state index contributed by atoms with van der Waals surface area (Å²) in [6.07, 6.45) is 0.0216. The number of carbonyl (C=O) groups excluding carboxylic acids is 1. The smallest absolute Gasteiger partial charge is 0.240 e. The Morgan fingerprint density at radius 2 is 1.50 bits per heavy atom. The third-order valence-corrected chi connectivity index (χ3v) is 5.26. The zero-order chi connectivity index (χ0) is 19.0. The minimum atomic E-state index is -3.66. The van der Waals surface area contributed by atoms with E-state index in [1.165, 1.54) is 24.3 Å². The topological polar surface area (TPSA) is 84.5 Å². The van der Waals surface area contributed by atoms with Crippen LogP contribution in [0.25, 0.3) is 0 Å². The van der Waals surface area contributed by atoms with Crippen LogP contribution in [0.5, 0.6) is 5.75 Å². The first kappa shape index (κ1) is 20.5.